The Morgan fingerprint density at radius 1 is 1.33 bits per heavy atom. The molecule has 1 aliphatic rings. The minimum absolute atomic E-state index is 0. The number of rotatable bonds is 6. The molecule has 21 heavy (non-hydrogen) atoms. The van der Waals surface area contributed by atoms with E-state index in [4.69, 9.17) is 10.3 Å². The van der Waals surface area contributed by atoms with Gasteiger partial charge >= 0.3 is 0 Å². The van der Waals surface area contributed by atoms with E-state index in [0.717, 1.165) is 29.5 Å². The van der Waals surface area contributed by atoms with Gasteiger partial charge in [0.05, 0.1) is 6.54 Å². The molecule has 1 aromatic carbocycles. The van der Waals surface area contributed by atoms with Crippen LogP contribution in [0.1, 0.15) is 18.6 Å². The van der Waals surface area contributed by atoms with Crippen LogP contribution in [0.5, 0.6) is 0 Å². The Balaban J connectivity index is 0.00000161. The van der Waals surface area contributed by atoms with Gasteiger partial charge in [0.2, 0.25) is 0 Å². The van der Waals surface area contributed by atoms with E-state index >= 15 is 0 Å². The molecule has 1 aliphatic carbocycles. The third-order valence-corrected chi connectivity index (χ3v) is 4.01. The lowest BCUT2D eigenvalue weighted by molar-refractivity contribution is 0.193. The van der Waals surface area contributed by atoms with E-state index in [2.05, 4.69) is 17.1 Å². The van der Waals surface area contributed by atoms with Gasteiger partial charge in [-0.1, -0.05) is 35.5 Å². The maximum atomic E-state index is 5.88. The molecule has 0 spiro atoms. The fourth-order valence-corrected chi connectivity index (χ4v) is 2.71. The van der Waals surface area contributed by atoms with Gasteiger partial charge in [-0.2, -0.15) is 0 Å². The molecule has 114 valence electrons. The second-order valence-corrected chi connectivity index (χ2v) is 5.60. The van der Waals surface area contributed by atoms with Crippen LogP contribution in [0.25, 0.3) is 11.3 Å². The van der Waals surface area contributed by atoms with Crippen molar-refractivity contribution in [1.29, 1.82) is 0 Å². The Bertz CT molecular complexity index is 554. The summed E-state index contributed by atoms with van der Waals surface area (Å²) in [5, 5.41) is 4.15. The topological polar surface area (TPSA) is 55.3 Å². The highest BCUT2D eigenvalue weighted by Crippen LogP contribution is 2.35. The predicted molar refractivity (Wildman–Crippen MR) is 86.2 cm³/mol. The zero-order chi connectivity index (χ0) is 13.9. The summed E-state index contributed by atoms with van der Waals surface area (Å²) in [4.78, 5) is 2.28. The monoisotopic (exact) mass is 307 g/mol. The summed E-state index contributed by atoms with van der Waals surface area (Å²) < 4.78 is 5.45. The lowest BCUT2D eigenvalue weighted by Gasteiger charge is -2.25. The Morgan fingerprint density at radius 2 is 2.05 bits per heavy atom. The standard InChI is InChI=1S/C16H21N3O.ClH/c1-19(16(10-17)13-7-8-13)11-14-9-15(18-20-14)12-5-3-2-4-6-12;/h2-6,9,13,16H,7-8,10-11,17H2,1H3;1H. The van der Waals surface area contributed by atoms with Crippen LogP contribution in [0.15, 0.2) is 40.9 Å². The molecule has 0 radical (unpaired) electrons. The first-order valence-corrected chi connectivity index (χ1v) is 7.19. The molecule has 1 unspecified atom stereocenters. The van der Waals surface area contributed by atoms with Gasteiger partial charge < -0.3 is 10.3 Å². The molecule has 2 aromatic rings. The summed E-state index contributed by atoms with van der Waals surface area (Å²) in [6, 6.07) is 12.6. The van der Waals surface area contributed by atoms with Gasteiger partial charge in [-0.25, -0.2) is 0 Å². The van der Waals surface area contributed by atoms with Gasteiger partial charge in [-0.15, -0.1) is 12.4 Å². The Hall–Kier alpha value is -1.36. The Kier molecular flexibility index (Phi) is 5.39. The predicted octanol–water partition coefficient (Wildman–Crippen LogP) is 2.93. The van der Waals surface area contributed by atoms with Crippen molar-refractivity contribution in [2.45, 2.75) is 25.4 Å². The van der Waals surface area contributed by atoms with E-state index in [-0.39, 0.29) is 12.4 Å². The van der Waals surface area contributed by atoms with Crippen molar-refractivity contribution in [3.8, 4) is 11.3 Å². The van der Waals surface area contributed by atoms with Crippen LogP contribution in [0.2, 0.25) is 0 Å². The average Bonchev–Trinajstić information content (AvgIpc) is 3.19. The number of nitrogens with two attached hydrogens (primary N) is 1. The number of hydrogen-bond acceptors (Lipinski definition) is 4. The van der Waals surface area contributed by atoms with Crippen LogP contribution in [0, 0.1) is 5.92 Å². The van der Waals surface area contributed by atoms with Gasteiger partial charge in [0.25, 0.3) is 0 Å². The highest BCUT2D eigenvalue weighted by atomic mass is 35.5. The van der Waals surface area contributed by atoms with E-state index in [1.807, 2.05) is 36.4 Å². The zero-order valence-corrected chi connectivity index (χ0v) is 13.1. The number of likely N-dealkylation sites (N-methyl/N-ethyl adjacent to an activating group) is 1. The summed E-state index contributed by atoms with van der Waals surface area (Å²) in [7, 11) is 2.11. The number of halogens is 1. The second-order valence-electron chi connectivity index (χ2n) is 5.60. The van der Waals surface area contributed by atoms with Crippen molar-refractivity contribution in [3.05, 3.63) is 42.2 Å². The normalized spacial score (nSPS) is 15.8. The lowest BCUT2D eigenvalue weighted by Crippen LogP contribution is -2.39. The summed E-state index contributed by atoms with van der Waals surface area (Å²) in [5.41, 5.74) is 7.86. The maximum absolute atomic E-state index is 5.88. The molecular formula is C16H22ClN3O. The molecule has 1 aromatic heterocycles. The van der Waals surface area contributed by atoms with E-state index in [9.17, 15) is 0 Å². The molecule has 1 fully saturated rings. The largest absolute Gasteiger partial charge is 0.359 e. The first-order chi connectivity index (χ1) is 9.78. The van der Waals surface area contributed by atoms with Crippen molar-refractivity contribution < 1.29 is 4.52 Å². The quantitative estimate of drug-likeness (QED) is 0.891. The smallest absolute Gasteiger partial charge is 0.151 e. The van der Waals surface area contributed by atoms with Crippen molar-refractivity contribution in [2.75, 3.05) is 13.6 Å². The third kappa shape index (κ3) is 3.84. The molecular weight excluding hydrogens is 286 g/mol. The Morgan fingerprint density at radius 3 is 2.67 bits per heavy atom. The highest BCUT2D eigenvalue weighted by Gasteiger charge is 2.33. The average molecular weight is 308 g/mol. The maximum Gasteiger partial charge on any atom is 0.151 e. The molecule has 1 atom stereocenters. The van der Waals surface area contributed by atoms with Gasteiger partial charge in [-0.05, 0) is 25.8 Å². The van der Waals surface area contributed by atoms with Crippen LogP contribution >= 0.6 is 12.4 Å². The van der Waals surface area contributed by atoms with Gasteiger partial charge in [0, 0.05) is 24.2 Å². The van der Waals surface area contributed by atoms with E-state index in [1.54, 1.807) is 0 Å². The summed E-state index contributed by atoms with van der Waals surface area (Å²) in [6.07, 6.45) is 2.61. The van der Waals surface area contributed by atoms with Gasteiger partial charge in [0.15, 0.2) is 5.76 Å². The van der Waals surface area contributed by atoms with Crippen LogP contribution in [0.4, 0.5) is 0 Å². The first kappa shape index (κ1) is 16.0. The number of nitrogens with zero attached hydrogens (tertiary/aromatic N) is 2. The van der Waals surface area contributed by atoms with E-state index in [1.165, 1.54) is 12.8 Å². The fourth-order valence-electron chi connectivity index (χ4n) is 2.71. The number of benzene rings is 1. The van der Waals surface area contributed by atoms with Crippen molar-refractivity contribution in [1.82, 2.24) is 10.1 Å². The molecule has 0 aliphatic heterocycles. The first-order valence-electron chi connectivity index (χ1n) is 7.19. The number of hydrogen-bond donors (Lipinski definition) is 1. The lowest BCUT2D eigenvalue weighted by atomic mass is 10.1. The minimum Gasteiger partial charge on any atom is -0.359 e. The molecule has 2 N–H and O–H groups in total. The second kappa shape index (κ2) is 7.07. The van der Waals surface area contributed by atoms with E-state index in [0.29, 0.717) is 12.6 Å². The highest BCUT2D eigenvalue weighted by molar-refractivity contribution is 5.85. The number of aromatic nitrogens is 1. The zero-order valence-electron chi connectivity index (χ0n) is 12.2. The molecule has 1 heterocycles. The third-order valence-electron chi connectivity index (χ3n) is 4.01. The molecule has 0 saturated heterocycles. The summed E-state index contributed by atoms with van der Waals surface area (Å²) >= 11 is 0. The minimum atomic E-state index is 0. The van der Waals surface area contributed by atoms with Gasteiger partial charge in [0.1, 0.15) is 5.69 Å². The van der Waals surface area contributed by atoms with Crippen molar-refractivity contribution in [2.24, 2.45) is 11.7 Å². The van der Waals surface area contributed by atoms with Crippen LogP contribution in [-0.4, -0.2) is 29.7 Å². The Labute approximate surface area is 131 Å². The molecule has 3 rings (SSSR count). The van der Waals surface area contributed by atoms with Gasteiger partial charge in [-0.3, -0.25) is 4.90 Å². The molecule has 4 nitrogen and oxygen atoms in total. The molecule has 0 amide bonds. The van der Waals surface area contributed by atoms with E-state index < -0.39 is 0 Å². The van der Waals surface area contributed by atoms with Crippen LogP contribution in [-0.2, 0) is 6.54 Å². The fraction of sp³-hybridized carbons (Fsp3) is 0.438. The SMILES string of the molecule is CN(Cc1cc(-c2ccccc2)no1)C(CN)C1CC1.Cl. The molecule has 5 heteroatoms. The van der Waals surface area contributed by atoms with Crippen molar-refractivity contribution >= 4 is 12.4 Å². The summed E-state index contributed by atoms with van der Waals surface area (Å²) in [6.45, 7) is 1.47. The molecule has 0 bridgehead atoms. The summed E-state index contributed by atoms with van der Waals surface area (Å²) in [5.74, 6) is 1.66. The molecule has 1 saturated carbocycles. The van der Waals surface area contributed by atoms with Crippen molar-refractivity contribution in [3.63, 3.8) is 0 Å². The van der Waals surface area contributed by atoms with Crippen LogP contribution in [0.3, 0.4) is 0 Å². The van der Waals surface area contributed by atoms with Crippen LogP contribution < -0.4 is 5.73 Å².